The molecule has 1 N–H and O–H groups in total. The van der Waals surface area contributed by atoms with Gasteiger partial charge >= 0.3 is 5.97 Å². The molecule has 0 saturated heterocycles. The van der Waals surface area contributed by atoms with Gasteiger partial charge in [0.05, 0.1) is 10.8 Å². The molecule has 0 aliphatic heterocycles. The number of nitrogens with zero attached hydrogens (tertiary/aromatic N) is 1. The van der Waals surface area contributed by atoms with Crippen LogP contribution in [0.25, 0.3) is 0 Å². The van der Waals surface area contributed by atoms with Gasteiger partial charge in [0.2, 0.25) is 10.0 Å². The summed E-state index contributed by atoms with van der Waals surface area (Å²) < 4.78 is 26.8. The summed E-state index contributed by atoms with van der Waals surface area (Å²) in [5, 5.41) is 8.92. The van der Waals surface area contributed by atoms with Gasteiger partial charge in [-0.2, -0.15) is 4.31 Å². The Balaban J connectivity index is 3.15. The molecule has 20 heavy (non-hydrogen) atoms. The zero-order chi connectivity index (χ0) is 15.5. The van der Waals surface area contributed by atoms with Crippen LogP contribution in [-0.4, -0.2) is 36.9 Å². The van der Waals surface area contributed by atoms with E-state index in [0.717, 1.165) is 5.56 Å². The van der Waals surface area contributed by atoms with Crippen molar-refractivity contribution in [2.75, 3.05) is 13.1 Å². The fraction of sp³-hybridized carbons (Fsp3) is 0.462. The van der Waals surface area contributed by atoms with Crippen LogP contribution in [0.3, 0.4) is 0 Å². The van der Waals surface area contributed by atoms with Crippen molar-refractivity contribution in [1.82, 2.24) is 4.31 Å². The predicted octanol–water partition coefficient (Wildman–Crippen LogP) is 2.49. The molecule has 0 aromatic heterocycles. The summed E-state index contributed by atoms with van der Waals surface area (Å²) in [5.74, 6) is -1.77. The topological polar surface area (TPSA) is 74.7 Å². The van der Waals surface area contributed by atoms with Crippen LogP contribution in [0.4, 0.5) is 0 Å². The Morgan fingerprint density at radius 3 is 2.50 bits per heavy atom. The molecule has 0 heterocycles. The fourth-order valence-electron chi connectivity index (χ4n) is 1.73. The number of hydrogen-bond donors (Lipinski definition) is 1. The second-order valence-corrected chi connectivity index (χ2v) is 7.39. The number of benzene rings is 1. The van der Waals surface area contributed by atoms with Crippen molar-refractivity contribution in [2.24, 2.45) is 5.92 Å². The van der Waals surface area contributed by atoms with Crippen LogP contribution in [0, 0.1) is 12.8 Å². The van der Waals surface area contributed by atoms with Crippen LogP contribution >= 0.6 is 15.9 Å². The minimum atomic E-state index is -3.70. The zero-order valence-electron chi connectivity index (χ0n) is 11.6. The average molecular weight is 364 g/mol. The molecule has 112 valence electrons. The lowest BCUT2D eigenvalue weighted by molar-refractivity contribution is -0.141. The van der Waals surface area contributed by atoms with Crippen LogP contribution < -0.4 is 0 Å². The smallest absolute Gasteiger partial charge is 0.307 e. The van der Waals surface area contributed by atoms with Gasteiger partial charge in [-0.15, -0.1) is 0 Å². The van der Waals surface area contributed by atoms with Gasteiger partial charge in [-0.3, -0.25) is 4.79 Å². The number of aryl methyl sites for hydroxylation is 1. The molecule has 0 aliphatic rings. The molecule has 1 atom stereocenters. The molecule has 0 saturated carbocycles. The van der Waals surface area contributed by atoms with Crippen molar-refractivity contribution in [1.29, 1.82) is 0 Å². The monoisotopic (exact) mass is 363 g/mol. The van der Waals surface area contributed by atoms with E-state index in [1.165, 1.54) is 17.3 Å². The van der Waals surface area contributed by atoms with E-state index in [1.807, 2.05) is 6.92 Å². The molecule has 1 aromatic rings. The van der Waals surface area contributed by atoms with Crippen molar-refractivity contribution in [3.63, 3.8) is 0 Å². The fourth-order valence-corrected chi connectivity index (χ4v) is 4.43. The Labute approximate surface area is 127 Å². The second kappa shape index (κ2) is 6.69. The molecule has 7 heteroatoms. The van der Waals surface area contributed by atoms with Gasteiger partial charge in [-0.05, 0) is 40.5 Å². The maximum absolute atomic E-state index is 12.6. The first-order chi connectivity index (χ1) is 9.20. The molecule has 0 radical (unpaired) electrons. The number of carboxylic acid groups (broad SMARTS) is 1. The van der Waals surface area contributed by atoms with Gasteiger partial charge in [-0.1, -0.05) is 19.9 Å². The van der Waals surface area contributed by atoms with Crippen LogP contribution in [0.2, 0.25) is 0 Å². The Morgan fingerprint density at radius 1 is 1.45 bits per heavy atom. The van der Waals surface area contributed by atoms with E-state index in [0.29, 0.717) is 4.47 Å². The van der Waals surface area contributed by atoms with E-state index in [1.54, 1.807) is 19.1 Å². The Bertz CT molecular complexity index is 600. The number of carboxylic acids is 1. The van der Waals surface area contributed by atoms with E-state index < -0.39 is 21.9 Å². The lowest BCUT2D eigenvalue weighted by atomic mass is 10.2. The SMILES string of the molecule is CCN(CC(C)C(=O)O)S(=O)(=O)c1ccc(C)cc1Br. The molecule has 1 rings (SSSR count). The summed E-state index contributed by atoms with van der Waals surface area (Å²) in [5.41, 5.74) is 0.942. The van der Waals surface area contributed by atoms with Crippen LogP contribution in [0.5, 0.6) is 0 Å². The van der Waals surface area contributed by atoms with Gasteiger partial charge in [0, 0.05) is 17.6 Å². The number of carbonyl (C=O) groups is 1. The third kappa shape index (κ3) is 3.80. The zero-order valence-corrected chi connectivity index (χ0v) is 14.0. The molecule has 0 bridgehead atoms. The van der Waals surface area contributed by atoms with Gasteiger partial charge in [0.15, 0.2) is 0 Å². The Kier molecular flexibility index (Phi) is 5.73. The summed E-state index contributed by atoms with van der Waals surface area (Å²) in [4.78, 5) is 11.1. The maximum Gasteiger partial charge on any atom is 0.307 e. The standard InChI is InChI=1S/C13H18BrNO4S/c1-4-15(8-10(3)13(16)17)20(18,19)12-6-5-9(2)7-11(12)14/h5-7,10H,4,8H2,1-3H3,(H,16,17). The molecule has 1 aromatic carbocycles. The lowest BCUT2D eigenvalue weighted by Gasteiger charge is -2.23. The van der Waals surface area contributed by atoms with E-state index in [4.69, 9.17) is 5.11 Å². The molecule has 5 nitrogen and oxygen atoms in total. The third-order valence-electron chi connectivity index (χ3n) is 2.96. The van der Waals surface area contributed by atoms with Gasteiger partial charge < -0.3 is 5.11 Å². The molecule has 0 amide bonds. The van der Waals surface area contributed by atoms with Crippen LogP contribution in [0.15, 0.2) is 27.6 Å². The quantitative estimate of drug-likeness (QED) is 0.842. The van der Waals surface area contributed by atoms with Crippen molar-refractivity contribution in [3.8, 4) is 0 Å². The van der Waals surface area contributed by atoms with Gasteiger partial charge in [-0.25, -0.2) is 8.42 Å². The molecular weight excluding hydrogens is 346 g/mol. The minimum Gasteiger partial charge on any atom is -0.481 e. The molecule has 1 unspecified atom stereocenters. The minimum absolute atomic E-state index is 0.0471. The summed E-state index contributed by atoms with van der Waals surface area (Å²) in [6.07, 6.45) is 0. The molecule has 0 fully saturated rings. The van der Waals surface area contributed by atoms with Crippen molar-refractivity contribution >= 4 is 31.9 Å². The first kappa shape index (κ1) is 17.1. The first-order valence-corrected chi connectivity index (χ1v) is 8.42. The lowest BCUT2D eigenvalue weighted by Crippen LogP contribution is -2.36. The van der Waals surface area contributed by atoms with Crippen LogP contribution in [-0.2, 0) is 14.8 Å². The average Bonchev–Trinajstić information content (AvgIpc) is 2.34. The van der Waals surface area contributed by atoms with E-state index in [9.17, 15) is 13.2 Å². The number of hydrogen-bond acceptors (Lipinski definition) is 3. The highest BCUT2D eigenvalue weighted by atomic mass is 79.9. The highest BCUT2D eigenvalue weighted by molar-refractivity contribution is 9.10. The highest BCUT2D eigenvalue weighted by Crippen LogP contribution is 2.26. The van der Waals surface area contributed by atoms with Gasteiger partial charge in [0.25, 0.3) is 0 Å². The van der Waals surface area contributed by atoms with E-state index in [2.05, 4.69) is 15.9 Å². The third-order valence-corrected chi connectivity index (χ3v) is 5.87. The Morgan fingerprint density at radius 2 is 2.05 bits per heavy atom. The van der Waals surface area contributed by atoms with Crippen molar-refractivity contribution in [3.05, 3.63) is 28.2 Å². The summed E-state index contributed by atoms with van der Waals surface area (Å²) in [7, 11) is -3.70. The second-order valence-electron chi connectivity index (χ2n) is 4.63. The molecule has 0 aliphatic carbocycles. The number of aliphatic carboxylic acids is 1. The first-order valence-electron chi connectivity index (χ1n) is 6.19. The number of halogens is 1. The summed E-state index contributed by atoms with van der Waals surface area (Å²) in [6.45, 7) is 5.22. The molecular formula is C13H18BrNO4S. The molecule has 0 spiro atoms. The number of rotatable bonds is 6. The maximum atomic E-state index is 12.6. The largest absolute Gasteiger partial charge is 0.481 e. The Hall–Kier alpha value is -0.920. The highest BCUT2D eigenvalue weighted by Gasteiger charge is 2.28. The van der Waals surface area contributed by atoms with E-state index in [-0.39, 0.29) is 18.0 Å². The predicted molar refractivity (Wildman–Crippen MR) is 80.1 cm³/mol. The summed E-state index contributed by atoms with van der Waals surface area (Å²) in [6, 6.07) is 4.97. The number of sulfonamides is 1. The van der Waals surface area contributed by atoms with Crippen LogP contribution in [0.1, 0.15) is 19.4 Å². The van der Waals surface area contributed by atoms with Gasteiger partial charge in [0.1, 0.15) is 0 Å². The summed E-state index contributed by atoms with van der Waals surface area (Å²) >= 11 is 3.25. The normalized spacial score (nSPS) is 13.4. The van der Waals surface area contributed by atoms with Crippen molar-refractivity contribution in [2.45, 2.75) is 25.7 Å². The van der Waals surface area contributed by atoms with E-state index >= 15 is 0 Å². The van der Waals surface area contributed by atoms with Crippen molar-refractivity contribution < 1.29 is 18.3 Å².